The fourth-order valence-electron chi connectivity index (χ4n) is 1.83. The van der Waals surface area contributed by atoms with E-state index in [0.29, 0.717) is 5.56 Å². The van der Waals surface area contributed by atoms with Crippen LogP contribution >= 0.6 is 0 Å². The van der Waals surface area contributed by atoms with Gasteiger partial charge in [0.15, 0.2) is 0 Å². The Hall–Kier alpha value is -2.03. The highest BCUT2D eigenvalue weighted by Crippen LogP contribution is 2.19. The molecule has 0 atom stereocenters. The van der Waals surface area contributed by atoms with Crippen LogP contribution in [0.4, 0.5) is 0 Å². The van der Waals surface area contributed by atoms with Crippen LogP contribution in [0.25, 0.3) is 5.69 Å². The SMILES string of the molecule is Cc1ccccc1-n1ccc(C(=O)O)c1C. The van der Waals surface area contributed by atoms with Crippen molar-refractivity contribution in [1.29, 1.82) is 0 Å². The zero-order valence-electron chi connectivity index (χ0n) is 9.27. The first-order chi connectivity index (χ1) is 7.61. The minimum Gasteiger partial charge on any atom is -0.478 e. The number of carboxylic acids is 1. The molecule has 3 heteroatoms. The van der Waals surface area contributed by atoms with Crippen molar-refractivity contribution in [3.63, 3.8) is 0 Å². The van der Waals surface area contributed by atoms with Gasteiger partial charge in [0, 0.05) is 17.6 Å². The summed E-state index contributed by atoms with van der Waals surface area (Å²) < 4.78 is 1.90. The van der Waals surface area contributed by atoms with Crippen molar-refractivity contribution in [3.8, 4) is 5.69 Å². The molecule has 0 spiro atoms. The van der Waals surface area contributed by atoms with Gasteiger partial charge in [-0.3, -0.25) is 0 Å². The van der Waals surface area contributed by atoms with E-state index in [-0.39, 0.29) is 0 Å². The summed E-state index contributed by atoms with van der Waals surface area (Å²) >= 11 is 0. The van der Waals surface area contributed by atoms with Gasteiger partial charge in [0.1, 0.15) is 0 Å². The van der Waals surface area contributed by atoms with Gasteiger partial charge in [-0.05, 0) is 31.5 Å². The maximum Gasteiger partial charge on any atom is 0.337 e. The van der Waals surface area contributed by atoms with Gasteiger partial charge < -0.3 is 9.67 Å². The third kappa shape index (κ3) is 1.60. The van der Waals surface area contributed by atoms with Crippen LogP contribution in [0, 0.1) is 13.8 Å². The van der Waals surface area contributed by atoms with E-state index in [9.17, 15) is 4.79 Å². The number of benzene rings is 1. The van der Waals surface area contributed by atoms with Crippen LogP contribution in [0.2, 0.25) is 0 Å². The van der Waals surface area contributed by atoms with Gasteiger partial charge in [0.2, 0.25) is 0 Å². The van der Waals surface area contributed by atoms with Gasteiger partial charge in [-0.1, -0.05) is 18.2 Å². The first-order valence-electron chi connectivity index (χ1n) is 5.08. The highest BCUT2D eigenvalue weighted by molar-refractivity contribution is 5.89. The third-order valence-electron chi connectivity index (χ3n) is 2.75. The number of hydrogen-bond acceptors (Lipinski definition) is 1. The molecule has 1 aromatic heterocycles. The minimum absolute atomic E-state index is 0.350. The molecule has 2 aromatic rings. The molecule has 1 heterocycles. The summed E-state index contributed by atoms with van der Waals surface area (Å²) in [6.07, 6.45) is 1.79. The van der Waals surface area contributed by atoms with Crippen molar-refractivity contribution >= 4 is 5.97 Å². The molecule has 2 rings (SSSR count). The molecule has 0 bridgehead atoms. The highest BCUT2D eigenvalue weighted by atomic mass is 16.4. The molecule has 3 nitrogen and oxygen atoms in total. The number of aromatic nitrogens is 1. The van der Waals surface area contributed by atoms with Gasteiger partial charge in [-0.2, -0.15) is 0 Å². The molecule has 0 fully saturated rings. The van der Waals surface area contributed by atoms with Crippen LogP contribution in [0.15, 0.2) is 36.5 Å². The van der Waals surface area contributed by atoms with E-state index < -0.39 is 5.97 Å². The number of carboxylic acid groups (broad SMARTS) is 1. The Kier molecular flexibility index (Phi) is 2.52. The molecule has 0 amide bonds. The van der Waals surface area contributed by atoms with Crippen LogP contribution in [0.5, 0.6) is 0 Å². The van der Waals surface area contributed by atoms with E-state index in [1.807, 2.05) is 42.7 Å². The summed E-state index contributed by atoms with van der Waals surface area (Å²) in [5.74, 6) is -0.884. The lowest BCUT2D eigenvalue weighted by molar-refractivity contribution is 0.0696. The molecule has 0 unspecified atom stereocenters. The average Bonchev–Trinajstić information content (AvgIpc) is 2.61. The van der Waals surface area contributed by atoms with Crippen molar-refractivity contribution in [2.24, 2.45) is 0 Å². The Labute approximate surface area is 94.0 Å². The van der Waals surface area contributed by atoms with Crippen molar-refractivity contribution in [3.05, 3.63) is 53.3 Å². The van der Waals surface area contributed by atoms with Gasteiger partial charge in [-0.25, -0.2) is 4.79 Å². The molecular formula is C13H13NO2. The number of aromatic carboxylic acids is 1. The largest absolute Gasteiger partial charge is 0.478 e. The van der Waals surface area contributed by atoms with Crippen LogP contribution < -0.4 is 0 Å². The van der Waals surface area contributed by atoms with Crippen molar-refractivity contribution in [2.45, 2.75) is 13.8 Å². The van der Waals surface area contributed by atoms with E-state index in [0.717, 1.165) is 16.9 Å². The van der Waals surface area contributed by atoms with E-state index in [4.69, 9.17) is 5.11 Å². The summed E-state index contributed by atoms with van der Waals surface area (Å²) in [5.41, 5.74) is 3.25. The van der Waals surface area contributed by atoms with Gasteiger partial charge in [0.05, 0.1) is 5.56 Å². The van der Waals surface area contributed by atoms with Crippen LogP contribution in [-0.2, 0) is 0 Å². The zero-order valence-corrected chi connectivity index (χ0v) is 9.27. The number of para-hydroxylation sites is 1. The van der Waals surface area contributed by atoms with E-state index in [1.54, 1.807) is 12.3 Å². The normalized spacial score (nSPS) is 10.4. The molecule has 0 aliphatic carbocycles. The second-order valence-electron chi connectivity index (χ2n) is 3.78. The fraction of sp³-hybridized carbons (Fsp3) is 0.154. The molecular weight excluding hydrogens is 202 g/mol. The second-order valence-corrected chi connectivity index (χ2v) is 3.78. The number of hydrogen-bond donors (Lipinski definition) is 1. The van der Waals surface area contributed by atoms with Gasteiger partial charge in [0.25, 0.3) is 0 Å². The molecule has 16 heavy (non-hydrogen) atoms. The predicted octanol–water partition coefficient (Wildman–Crippen LogP) is 2.79. The number of aryl methyl sites for hydroxylation is 1. The lowest BCUT2D eigenvalue weighted by Gasteiger charge is -2.09. The summed E-state index contributed by atoms with van der Waals surface area (Å²) in [4.78, 5) is 10.9. The topological polar surface area (TPSA) is 42.2 Å². The quantitative estimate of drug-likeness (QED) is 0.837. The fourth-order valence-corrected chi connectivity index (χ4v) is 1.83. The van der Waals surface area contributed by atoms with E-state index >= 15 is 0 Å². The highest BCUT2D eigenvalue weighted by Gasteiger charge is 2.12. The van der Waals surface area contributed by atoms with Crippen LogP contribution in [0.1, 0.15) is 21.6 Å². The van der Waals surface area contributed by atoms with Crippen LogP contribution in [-0.4, -0.2) is 15.6 Å². The number of carbonyl (C=O) groups is 1. The maximum atomic E-state index is 10.9. The number of rotatable bonds is 2. The third-order valence-corrected chi connectivity index (χ3v) is 2.75. The lowest BCUT2D eigenvalue weighted by Crippen LogP contribution is -2.02. The number of nitrogens with zero attached hydrogens (tertiary/aromatic N) is 1. The first kappa shape index (κ1) is 10.5. The molecule has 0 radical (unpaired) electrons. The summed E-state index contributed by atoms with van der Waals surface area (Å²) in [5, 5.41) is 8.98. The van der Waals surface area contributed by atoms with Crippen molar-refractivity contribution in [1.82, 2.24) is 4.57 Å². The molecule has 0 saturated carbocycles. The molecule has 0 aliphatic heterocycles. The van der Waals surface area contributed by atoms with E-state index in [1.165, 1.54) is 0 Å². The Balaban J connectivity index is 2.58. The summed E-state index contributed by atoms with van der Waals surface area (Å²) in [6, 6.07) is 9.53. The van der Waals surface area contributed by atoms with Crippen molar-refractivity contribution < 1.29 is 9.90 Å². The van der Waals surface area contributed by atoms with E-state index in [2.05, 4.69) is 0 Å². The maximum absolute atomic E-state index is 10.9. The Morgan fingerprint density at radius 3 is 2.44 bits per heavy atom. The minimum atomic E-state index is -0.884. The first-order valence-corrected chi connectivity index (χ1v) is 5.08. The standard InChI is InChI=1S/C13H13NO2/c1-9-5-3-4-6-12(9)14-8-7-11(10(14)2)13(15)16/h3-8H,1-2H3,(H,15,16). The Bertz CT molecular complexity index is 541. The summed E-state index contributed by atoms with van der Waals surface area (Å²) in [7, 11) is 0. The molecule has 1 aromatic carbocycles. The molecule has 0 aliphatic rings. The second kappa shape index (κ2) is 3.85. The molecule has 82 valence electrons. The molecule has 0 saturated heterocycles. The van der Waals surface area contributed by atoms with Gasteiger partial charge >= 0.3 is 5.97 Å². The Morgan fingerprint density at radius 1 is 1.19 bits per heavy atom. The zero-order chi connectivity index (χ0) is 11.7. The predicted molar refractivity (Wildman–Crippen MR) is 62.2 cm³/mol. The van der Waals surface area contributed by atoms with Crippen LogP contribution in [0.3, 0.4) is 0 Å². The lowest BCUT2D eigenvalue weighted by atomic mass is 10.2. The monoisotopic (exact) mass is 215 g/mol. The average molecular weight is 215 g/mol. The van der Waals surface area contributed by atoms with Gasteiger partial charge in [-0.15, -0.1) is 0 Å². The summed E-state index contributed by atoms with van der Waals surface area (Å²) in [6.45, 7) is 3.82. The molecule has 1 N–H and O–H groups in total. The Morgan fingerprint density at radius 2 is 1.88 bits per heavy atom. The smallest absolute Gasteiger partial charge is 0.337 e. The van der Waals surface area contributed by atoms with Crippen molar-refractivity contribution in [2.75, 3.05) is 0 Å².